The molecule has 0 bridgehead atoms. The average Bonchev–Trinajstić information content (AvgIpc) is 2.89. The molecule has 2 amide bonds. The molecule has 3 N–H and O–H groups in total. The molecule has 0 aliphatic heterocycles. The van der Waals surface area contributed by atoms with Gasteiger partial charge in [0.05, 0.1) is 12.7 Å². The zero-order valence-corrected chi connectivity index (χ0v) is 10.8. The Morgan fingerprint density at radius 1 is 1.44 bits per heavy atom. The Kier molecular flexibility index (Phi) is 6.34. The highest BCUT2D eigenvalue weighted by molar-refractivity contribution is 7.07. The number of ether oxygens (including phenoxy) is 1. The third kappa shape index (κ3) is 4.82. The normalized spacial score (nSPS) is 11.9. The average molecular weight is 272 g/mol. The van der Waals surface area contributed by atoms with Crippen LogP contribution >= 0.6 is 11.3 Å². The summed E-state index contributed by atoms with van der Waals surface area (Å²) >= 11 is 1.46. The van der Waals surface area contributed by atoms with Crippen molar-refractivity contribution in [2.75, 3.05) is 26.8 Å². The highest BCUT2D eigenvalue weighted by Crippen LogP contribution is 2.14. The molecule has 0 saturated carbocycles. The number of carbonyl (C=O) groups excluding carboxylic acids is 2. The maximum absolute atomic E-state index is 11.3. The van der Waals surface area contributed by atoms with Gasteiger partial charge >= 0.3 is 11.8 Å². The number of amides is 2. The first-order valence-corrected chi connectivity index (χ1v) is 6.34. The third-order valence-electron chi connectivity index (χ3n) is 2.18. The molecule has 0 spiro atoms. The maximum atomic E-state index is 11.3. The van der Waals surface area contributed by atoms with E-state index in [4.69, 9.17) is 4.74 Å². The summed E-state index contributed by atoms with van der Waals surface area (Å²) in [5.41, 5.74) is 0.722. The van der Waals surface area contributed by atoms with E-state index in [0.717, 1.165) is 5.56 Å². The van der Waals surface area contributed by atoms with Gasteiger partial charge in [0.25, 0.3) is 0 Å². The van der Waals surface area contributed by atoms with E-state index in [-0.39, 0.29) is 13.1 Å². The van der Waals surface area contributed by atoms with E-state index in [9.17, 15) is 14.7 Å². The molecule has 0 fully saturated rings. The molecular formula is C11H16N2O4S. The molecule has 6 nitrogen and oxygen atoms in total. The monoisotopic (exact) mass is 272 g/mol. The van der Waals surface area contributed by atoms with Gasteiger partial charge in [-0.25, -0.2) is 0 Å². The second-order valence-corrected chi connectivity index (χ2v) is 4.31. The molecule has 0 unspecified atom stereocenters. The van der Waals surface area contributed by atoms with Gasteiger partial charge in [-0.15, -0.1) is 0 Å². The number of aliphatic hydroxyl groups excluding tert-OH is 1. The van der Waals surface area contributed by atoms with Crippen LogP contribution in [0.1, 0.15) is 11.7 Å². The van der Waals surface area contributed by atoms with E-state index < -0.39 is 17.9 Å². The van der Waals surface area contributed by atoms with Crippen molar-refractivity contribution in [3.8, 4) is 0 Å². The van der Waals surface area contributed by atoms with Crippen LogP contribution in [0.5, 0.6) is 0 Å². The molecular weight excluding hydrogens is 256 g/mol. The number of aliphatic hydroxyl groups is 1. The summed E-state index contributed by atoms with van der Waals surface area (Å²) < 4.78 is 4.73. The summed E-state index contributed by atoms with van der Waals surface area (Å²) in [7, 11) is 1.50. The Balaban J connectivity index is 2.26. The number of thiophene rings is 1. The van der Waals surface area contributed by atoms with Crippen LogP contribution in [-0.4, -0.2) is 43.7 Å². The van der Waals surface area contributed by atoms with Gasteiger partial charge < -0.3 is 20.5 Å². The number of methoxy groups -OCH3 is 1. The lowest BCUT2D eigenvalue weighted by Crippen LogP contribution is -2.42. The van der Waals surface area contributed by atoms with Gasteiger partial charge in [0.1, 0.15) is 0 Å². The van der Waals surface area contributed by atoms with Crippen LogP contribution in [-0.2, 0) is 14.3 Å². The molecule has 0 saturated heterocycles. The van der Waals surface area contributed by atoms with E-state index in [1.54, 1.807) is 11.4 Å². The van der Waals surface area contributed by atoms with E-state index >= 15 is 0 Å². The fourth-order valence-electron chi connectivity index (χ4n) is 1.20. The number of carbonyl (C=O) groups is 2. The first-order valence-electron chi connectivity index (χ1n) is 5.40. The van der Waals surface area contributed by atoms with Gasteiger partial charge in [-0.3, -0.25) is 9.59 Å². The van der Waals surface area contributed by atoms with Crippen LogP contribution < -0.4 is 10.6 Å². The summed E-state index contributed by atoms with van der Waals surface area (Å²) in [6.45, 7) is 0.625. The fourth-order valence-corrected chi connectivity index (χ4v) is 1.91. The van der Waals surface area contributed by atoms with Crippen molar-refractivity contribution >= 4 is 23.2 Å². The van der Waals surface area contributed by atoms with E-state index in [2.05, 4.69) is 10.6 Å². The van der Waals surface area contributed by atoms with Crippen molar-refractivity contribution < 1.29 is 19.4 Å². The molecule has 0 radical (unpaired) electrons. The molecule has 0 aromatic carbocycles. The Bertz CT molecular complexity index is 380. The van der Waals surface area contributed by atoms with Crippen molar-refractivity contribution in [2.24, 2.45) is 0 Å². The van der Waals surface area contributed by atoms with Crippen molar-refractivity contribution in [2.45, 2.75) is 6.10 Å². The minimum atomic E-state index is -0.799. The zero-order chi connectivity index (χ0) is 13.4. The lowest BCUT2D eigenvalue weighted by molar-refractivity contribution is -0.139. The Labute approximate surface area is 109 Å². The summed E-state index contributed by atoms with van der Waals surface area (Å²) in [6.07, 6.45) is -0.799. The van der Waals surface area contributed by atoms with Gasteiger partial charge in [-0.05, 0) is 22.4 Å². The molecule has 18 heavy (non-hydrogen) atoms. The van der Waals surface area contributed by atoms with Crippen LogP contribution in [0.4, 0.5) is 0 Å². The van der Waals surface area contributed by atoms with Gasteiger partial charge in [0.15, 0.2) is 0 Å². The second-order valence-electron chi connectivity index (χ2n) is 3.53. The molecule has 7 heteroatoms. The molecule has 1 atom stereocenters. The van der Waals surface area contributed by atoms with Crippen molar-refractivity contribution in [3.05, 3.63) is 22.4 Å². The second kappa shape index (κ2) is 7.80. The number of rotatable bonds is 6. The molecule has 1 aromatic rings. The Morgan fingerprint density at radius 3 is 2.78 bits per heavy atom. The number of hydrogen-bond donors (Lipinski definition) is 3. The molecule has 1 rings (SSSR count). The summed E-state index contributed by atoms with van der Waals surface area (Å²) in [5, 5.41) is 18.1. The highest BCUT2D eigenvalue weighted by atomic mass is 32.1. The van der Waals surface area contributed by atoms with Crippen LogP contribution in [0.2, 0.25) is 0 Å². The van der Waals surface area contributed by atoms with Crippen LogP contribution in [0.15, 0.2) is 16.8 Å². The van der Waals surface area contributed by atoms with Gasteiger partial charge in [-0.1, -0.05) is 0 Å². The number of nitrogens with one attached hydrogen (secondary N) is 2. The van der Waals surface area contributed by atoms with Gasteiger partial charge in [-0.2, -0.15) is 11.3 Å². The van der Waals surface area contributed by atoms with Crippen LogP contribution in [0, 0.1) is 0 Å². The zero-order valence-electron chi connectivity index (χ0n) is 10.0. The fraction of sp³-hybridized carbons (Fsp3) is 0.455. The van der Waals surface area contributed by atoms with Crippen LogP contribution in [0.25, 0.3) is 0 Å². The first kappa shape index (κ1) is 14.6. The molecule has 0 aliphatic rings. The quantitative estimate of drug-likeness (QED) is 0.488. The van der Waals surface area contributed by atoms with Crippen LogP contribution in [0.3, 0.4) is 0 Å². The summed E-state index contributed by atoms with van der Waals surface area (Å²) in [4.78, 5) is 22.6. The van der Waals surface area contributed by atoms with Crippen molar-refractivity contribution in [3.63, 3.8) is 0 Å². The first-order chi connectivity index (χ1) is 8.65. The molecule has 1 aromatic heterocycles. The third-order valence-corrected chi connectivity index (χ3v) is 2.88. The van der Waals surface area contributed by atoms with Gasteiger partial charge in [0.2, 0.25) is 0 Å². The largest absolute Gasteiger partial charge is 0.387 e. The van der Waals surface area contributed by atoms with Gasteiger partial charge in [0, 0.05) is 20.2 Å². The van der Waals surface area contributed by atoms with Crippen molar-refractivity contribution in [1.29, 1.82) is 0 Å². The molecule has 1 heterocycles. The minimum Gasteiger partial charge on any atom is -0.387 e. The summed E-state index contributed by atoms with van der Waals surface area (Å²) in [5.74, 6) is -1.50. The lowest BCUT2D eigenvalue weighted by atomic mass is 10.2. The van der Waals surface area contributed by atoms with E-state index in [1.807, 2.05) is 5.38 Å². The highest BCUT2D eigenvalue weighted by Gasteiger charge is 2.15. The standard InChI is InChI=1S/C11H16N2O4S/c1-17-4-3-12-10(15)11(16)13-6-9(14)8-2-5-18-7-8/h2,5,7,9,14H,3-4,6H2,1H3,(H,12,15)(H,13,16)/t9-/m1/s1. The molecule has 0 aliphatic carbocycles. The topological polar surface area (TPSA) is 87.7 Å². The molecule has 100 valence electrons. The van der Waals surface area contributed by atoms with E-state index in [0.29, 0.717) is 6.61 Å². The van der Waals surface area contributed by atoms with E-state index in [1.165, 1.54) is 18.4 Å². The minimum absolute atomic E-state index is 0.00721. The Hall–Kier alpha value is -1.44. The predicted molar refractivity (Wildman–Crippen MR) is 67.2 cm³/mol. The maximum Gasteiger partial charge on any atom is 0.309 e. The predicted octanol–water partition coefficient (Wildman–Crippen LogP) is -0.340. The van der Waals surface area contributed by atoms with Crippen molar-refractivity contribution in [1.82, 2.24) is 10.6 Å². The smallest absolute Gasteiger partial charge is 0.309 e. The SMILES string of the molecule is COCCNC(=O)C(=O)NC[C@@H](O)c1ccsc1. The Morgan fingerprint density at radius 2 is 2.17 bits per heavy atom. The summed E-state index contributed by atoms with van der Waals surface area (Å²) in [6, 6.07) is 1.76. The lowest BCUT2D eigenvalue weighted by Gasteiger charge is -2.10. The number of hydrogen-bond acceptors (Lipinski definition) is 5.